The average molecular weight is 370 g/mol. The molecule has 0 N–H and O–H groups in total. The van der Waals surface area contributed by atoms with Gasteiger partial charge in [-0.15, -0.1) is 0 Å². The summed E-state index contributed by atoms with van der Waals surface area (Å²) in [4.78, 5) is 26.3. The Bertz CT molecular complexity index is 641. The van der Waals surface area contributed by atoms with Crippen LogP contribution in [0.4, 0.5) is 0 Å². The number of hydrogen-bond donors (Lipinski definition) is 0. The SMILES string of the molecule is COC(=O)C(Cl)(Cl)C(=O)N(Cc1ccccc1)C1=C(C)CCCC1. The Kier molecular flexibility index (Phi) is 6.30. The minimum Gasteiger partial charge on any atom is -0.466 e. The summed E-state index contributed by atoms with van der Waals surface area (Å²) in [5, 5.41) is 0. The number of hydrogen-bond acceptors (Lipinski definition) is 3. The highest BCUT2D eigenvalue weighted by Gasteiger charge is 2.47. The third kappa shape index (κ3) is 4.11. The summed E-state index contributed by atoms with van der Waals surface area (Å²) in [7, 11) is 1.15. The molecule has 1 aromatic carbocycles. The highest BCUT2D eigenvalue weighted by molar-refractivity contribution is 6.67. The van der Waals surface area contributed by atoms with Crippen molar-refractivity contribution in [3.05, 3.63) is 47.2 Å². The Balaban J connectivity index is 2.39. The van der Waals surface area contributed by atoms with Crippen LogP contribution < -0.4 is 0 Å². The number of esters is 1. The molecule has 0 aromatic heterocycles. The van der Waals surface area contributed by atoms with Gasteiger partial charge in [0.05, 0.1) is 13.7 Å². The number of nitrogens with zero attached hydrogens (tertiary/aromatic N) is 1. The van der Waals surface area contributed by atoms with E-state index >= 15 is 0 Å². The number of amides is 1. The van der Waals surface area contributed by atoms with Gasteiger partial charge in [0, 0.05) is 5.70 Å². The van der Waals surface area contributed by atoms with E-state index < -0.39 is 16.2 Å². The number of methoxy groups -OCH3 is 1. The van der Waals surface area contributed by atoms with Gasteiger partial charge in [0.2, 0.25) is 0 Å². The van der Waals surface area contributed by atoms with Crippen molar-refractivity contribution in [3.63, 3.8) is 0 Å². The molecule has 1 amide bonds. The first kappa shape index (κ1) is 18.8. The van der Waals surface area contributed by atoms with Gasteiger partial charge in [-0.3, -0.25) is 4.79 Å². The van der Waals surface area contributed by atoms with E-state index in [9.17, 15) is 9.59 Å². The predicted molar refractivity (Wildman–Crippen MR) is 94.6 cm³/mol. The number of alkyl halides is 2. The number of benzene rings is 1. The highest BCUT2D eigenvalue weighted by atomic mass is 35.5. The van der Waals surface area contributed by atoms with Gasteiger partial charge in [-0.1, -0.05) is 59.1 Å². The number of halogens is 2. The Morgan fingerprint density at radius 3 is 2.38 bits per heavy atom. The summed E-state index contributed by atoms with van der Waals surface area (Å²) >= 11 is 12.1. The highest BCUT2D eigenvalue weighted by Crippen LogP contribution is 2.33. The van der Waals surface area contributed by atoms with E-state index in [2.05, 4.69) is 4.74 Å². The molecule has 1 aliphatic rings. The molecule has 4 nitrogen and oxygen atoms in total. The van der Waals surface area contributed by atoms with Crippen molar-refractivity contribution in [1.29, 1.82) is 0 Å². The monoisotopic (exact) mass is 369 g/mol. The molecule has 0 heterocycles. The van der Waals surface area contributed by atoms with Crippen molar-refractivity contribution in [2.45, 2.75) is 43.5 Å². The van der Waals surface area contributed by atoms with Gasteiger partial charge in [0.15, 0.2) is 0 Å². The van der Waals surface area contributed by atoms with Crippen LogP contribution in [-0.4, -0.2) is 28.2 Å². The maximum Gasteiger partial charge on any atom is 0.352 e. The first-order valence-corrected chi connectivity index (χ1v) is 8.64. The van der Waals surface area contributed by atoms with E-state index in [1.807, 2.05) is 37.3 Å². The third-order valence-corrected chi connectivity index (χ3v) is 4.80. The lowest BCUT2D eigenvalue weighted by atomic mass is 9.96. The van der Waals surface area contributed by atoms with Crippen molar-refractivity contribution >= 4 is 35.1 Å². The van der Waals surface area contributed by atoms with Gasteiger partial charge in [-0.2, -0.15) is 0 Å². The number of allylic oxidation sites excluding steroid dienone is 2. The molecule has 0 saturated heterocycles. The first-order valence-electron chi connectivity index (χ1n) is 7.88. The molecular weight excluding hydrogens is 349 g/mol. The second-order valence-electron chi connectivity index (χ2n) is 5.88. The standard InChI is InChI=1S/C18H21Cl2NO3/c1-13-8-6-7-11-15(13)21(12-14-9-4-3-5-10-14)16(22)18(19,20)17(23)24-2/h3-5,9-10H,6-8,11-12H2,1-2H3. The Morgan fingerprint density at radius 2 is 1.79 bits per heavy atom. The second kappa shape index (κ2) is 8.04. The molecule has 0 spiro atoms. The lowest BCUT2D eigenvalue weighted by molar-refractivity contribution is -0.147. The van der Waals surface area contributed by atoms with Gasteiger partial charge in [-0.25, -0.2) is 4.79 Å². The number of carbonyl (C=O) groups is 2. The number of ether oxygens (including phenoxy) is 1. The minimum absolute atomic E-state index is 0.310. The molecule has 0 fully saturated rings. The van der Waals surface area contributed by atoms with Crippen LogP contribution in [-0.2, 0) is 20.9 Å². The molecule has 0 atom stereocenters. The largest absolute Gasteiger partial charge is 0.466 e. The molecule has 6 heteroatoms. The van der Waals surface area contributed by atoms with Gasteiger partial charge in [-0.05, 0) is 38.2 Å². The minimum atomic E-state index is -2.26. The lowest BCUT2D eigenvalue weighted by Gasteiger charge is -2.33. The zero-order valence-corrected chi connectivity index (χ0v) is 15.4. The van der Waals surface area contributed by atoms with Crippen LogP contribution in [0.3, 0.4) is 0 Å². The molecule has 2 rings (SSSR count). The Morgan fingerprint density at radius 1 is 1.17 bits per heavy atom. The number of rotatable bonds is 5. The Hall–Kier alpha value is -1.52. The van der Waals surface area contributed by atoms with E-state index in [0.29, 0.717) is 6.54 Å². The van der Waals surface area contributed by atoms with E-state index in [4.69, 9.17) is 23.2 Å². The third-order valence-electron chi connectivity index (χ3n) is 4.17. The fourth-order valence-corrected chi connectivity index (χ4v) is 3.20. The molecule has 0 aliphatic heterocycles. The molecule has 0 bridgehead atoms. The van der Waals surface area contributed by atoms with Gasteiger partial charge in [0.25, 0.3) is 10.2 Å². The molecule has 0 saturated carbocycles. The van der Waals surface area contributed by atoms with Gasteiger partial charge < -0.3 is 9.64 Å². The van der Waals surface area contributed by atoms with E-state index in [1.165, 1.54) is 4.90 Å². The quantitative estimate of drug-likeness (QED) is 0.443. The second-order valence-corrected chi connectivity index (χ2v) is 7.20. The summed E-state index contributed by atoms with van der Waals surface area (Å²) in [6.45, 7) is 2.31. The van der Waals surface area contributed by atoms with Crippen LogP contribution >= 0.6 is 23.2 Å². The van der Waals surface area contributed by atoms with Gasteiger partial charge >= 0.3 is 5.97 Å². The first-order chi connectivity index (χ1) is 11.4. The molecule has 1 aromatic rings. The van der Waals surface area contributed by atoms with Crippen LogP contribution in [0, 0.1) is 0 Å². The van der Waals surface area contributed by atoms with E-state index in [1.54, 1.807) is 0 Å². The summed E-state index contributed by atoms with van der Waals surface area (Å²) < 4.78 is 2.33. The van der Waals surface area contributed by atoms with Crippen molar-refractivity contribution in [2.24, 2.45) is 0 Å². The average Bonchev–Trinajstić information content (AvgIpc) is 2.60. The topological polar surface area (TPSA) is 46.6 Å². The number of carbonyl (C=O) groups excluding carboxylic acids is 2. The maximum absolute atomic E-state index is 12.9. The van der Waals surface area contributed by atoms with Crippen LogP contribution in [0.5, 0.6) is 0 Å². The van der Waals surface area contributed by atoms with E-state index in [-0.39, 0.29) is 0 Å². The van der Waals surface area contributed by atoms with Crippen molar-refractivity contribution in [3.8, 4) is 0 Å². The summed E-state index contributed by atoms with van der Waals surface area (Å²) in [6.07, 6.45) is 3.76. The molecule has 0 unspecified atom stereocenters. The smallest absolute Gasteiger partial charge is 0.352 e. The van der Waals surface area contributed by atoms with Crippen molar-refractivity contribution < 1.29 is 14.3 Å². The maximum atomic E-state index is 12.9. The van der Waals surface area contributed by atoms with Gasteiger partial charge in [0.1, 0.15) is 0 Å². The van der Waals surface area contributed by atoms with Crippen LogP contribution in [0.15, 0.2) is 41.6 Å². The van der Waals surface area contributed by atoms with Crippen LogP contribution in [0.2, 0.25) is 0 Å². The van der Waals surface area contributed by atoms with Crippen molar-refractivity contribution in [2.75, 3.05) is 7.11 Å². The zero-order chi connectivity index (χ0) is 17.7. The van der Waals surface area contributed by atoms with E-state index in [0.717, 1.165) is 49.6 Å². The molecule has 1 aliphatic carbocycles. The van der Waals surface area contributed by atoms with Crippen LogP contribution in [0.1, 0.15) is 38.2 Å². The molecule has 130 valence electrons. The molecule has 24 heavy (non-hydrogen) atoms. The molecular formula is C18H21Cl2NO3. The summed E-state index contributed by atoms with van der Waals surface area (Å²) in [5.41, 5.74) is 2.95. The lowest BCUT2D eigenvalue weighted by Crippen LogP contribution is -2.47. The summed E-state index contributed by atoms with van der Waals surface area (Å²) in [6, 6.07) is 9.54. The normalized spacial score (nSPS) is 15.2. The van der Waals surface area contributed by atoms with Crippen LogP contribution in [0.25, 0.3) is 0 Å². The fourth-order valence-electron chi connectivity index (χ4n) is 2.85. The fraction of sp³-hybridized carbons (Fsp3) is 0.444. The molecule has 0 radical (unpaired) electrons. The Labute approximate surface area is 152 Å². The van der Waals surface area contributed by atoms with Crippen molar-refractivity contribution in [1.82, 2.24) is 4.90 Å². The zero-order valence-electron chi connectivity index (χ0n) is 13.9. The summed E-state index contributed by atoms with van der Waals surface area (Å²) in [5.74, 6) is -1.64. The predicted octanol–water partition coefficient (Wildman–Crippen LogP) is 4.21.